The molecule has 2 aliphatic rings. The summed E-state index contributed by atoms with van der Waals surface area (Å²) in [5.74, 6) is 1.17. The van der Waals surface area contributed by atoms with Crippen molar-refractivity contribution in [2.45, 2.75) is 17.8 Å². The lowest BCUT2D eigenvalue weighted by molar-refractivity contribution is -0.124. The molecule has 1 fully saturated rings. The van der Waals surface area contributed by atoms with Crippen molar-refractivity contribution in [3.05, 3.63) is 58.1 Å². The predicted octanol–water partition coefficient (Wildman–Crippen LogP) is 3.29. The zero-order chi connectivity index (χ0) is 20.5. The van der Waals surface area contributed by atoms with Crippen LogP contribution in [0.1, 0.15) is 26.9 Å². The molecule has 0 radical (unpaired) electrons. The molecule has 6 nitrogen and oxygen atoms in total. The van der Waals surface area contributed by atoms with E-state index in [2.05, 4.69) is 5.32 Å². The minimum absolute atomic E-state index is 0.138. The van der Waals surface area contributed by atoms with Crippen LogP contribution in [0.2, 0.25) is 5.02 Å². The normalized spacial score (nSPS) is 19.7. The first-order valence-corrected chi connectivity index (χ1v) is 10.7. The quantitative estimate of drug-likeness (QED) is 0.758. The summed E-state index contributed by atoms with van der Waals surface area (Å²) < 4.78 is 10.8. The van der Waals surface area contributed by atoms with Crippen LogP contribution in [0.15, 0.2) is 36.4 Å². The zero-order valence-corrected chi connectivity index (χ0v) is 17.7. The Morgan fingerprint density at radius 2 is 1.97 bits per heavy atom. The third-order valence-corrected chi connectivity index (χ3v) is 6.78. The van der Waals surface area contributed by atoms with E-state index in [1.807, 2.05) is 30.3 Å². The summed E-state index contributed by atoms with van der Waals surface area (Å²) >= 11 is 7.49. The van der Waals surface area contributed by atoms with Gasteiger partial charge in [-0.05, 0) is 30.2 Å². The van der Waals surface area contributed by atoms with Gasteiger partial charge in [-0.2, -0.15) is 0 Å². The summed E-state index contributed by atoms with van der Waals surface area (Å²) in [5, 5.41) is 3.47. The van der Waals surface area contributed by atoms with Crippen molar-refractivity contribution in [2.24, 2.45) is 0 Å². The van der Waals surface area contributed by atoms with E-state index in [1.165, 1.54) is 14.2 Å². The maximum Gasteiger partial charge on any atom is 0.260 e. The summed E-state index contributed by atoms with van der Waals surface area (Å²) in [4.78, 5) is 27.6. The van der Waals surface area contributed by atoms with E-state index in [1.54, 1.807) is 22.7 Å². The molecule has 2 aliphatic heterocycles. The van der Waals surface area contributed by atoms with Crippen LogP contribution in [0.3, 0.4) is 0 Å². The molecule has 1 N–H and O–H groups in total. The van der Waals surface area contributed by atoms with E-state index in [9.17, 15) is 9.59 Å². The molecule has 2 atom stereocenters. The molecule has 2 heterocycles. The molecular weight excluding hydrogens is 412 g/mol. The number of halogens is 1. The Kier molecular flexibility index (Phi) is 5.61. The van der Waals surface area contributed by atoms with Crippen LogP contribution >= 0.6 is 23.4 Å². The number of nitrogens with one attached hydrogen (secondary N) is 1. The first-order chi connectivity index (χ1) is 14.0. The highest BCUT2D eigenvalue weighted by molar-refractivity contribution is 7.99. The van der Waals surface area contributed by atoms with Crippen LogP contribution < -0.4 is 14.8 Å². The second kappa shape index (κ2) is 8.16. The van der Waals surface area contributed by atoms with E-state index >= 15 is 0 Å². The smallest absolute Gasteiger partial charge is 0.260 e. The molecule has 0 aliphatic carbocycles. The van der Waals surface area contributed by atoms with Gasteiger partial charge in [-0.3, -0.25) is 9.59 Å². The number of methoxy groups -OCH3 is 2. The Labute approximate surface area is 178 Å². The lowest BCUT2D eigenvalue weighted by atomic mass is 10.1. The first kappa shape index (κ1) is 19.9. The highest BCUT2D eigenvalue weighted by Crippen LogP contribution is 2.52. The van der Waals surface area contributed by atoms with Gasteiger partial charge >= 0.3 is 0 Å². The molecule has 4 rings (SSSR count). The van der Waals surface area contributed by atoms with Crippen LogP contribution in [0.4, 0.5) is 0 Å². The Balaban J connectivity index is 1.46. The van der Waals surface area contributed by atoms with Gasteiger partial charge in [0.15, 0.2) is 11.5 Å². The van der Waals surface area contributed by atoms with Gasteiger partial charge in [-0.1, -0.05) is 29.8 Å². The summed E-state index contributed by atoms with van der Waals surface area (Å²) in [7, 11) is 3.05. The van der Waals surface area contributed by atoms with E-state index in [0.29, 0.717) is 40.8 Å². The second-order valence-electron chi connectivity index (χ2n) is 6.85. The molecule has 152 valence electrons. The average molecular weight is 433 g/mol. The standard InChI is InChI=1S/C21H21ClN2O4S/c1-27-16-8-7-14-17(18(16)28-2)20(26)24-15(11-29-21(14)24)19(25)23-10-9-12-3-5-13(22)6-4-12/h3-8,15,21H,9-11H2,1-2H3,(H,23,25). The molecule has 2 aromatic carbocycles. The molecule has 0 saturated carbocycles. The van der Waals surface area contributed by atoms with E-state index in [4.69, 9.17) is 21.1 Å². The van der Waals surface area contributed by atoms with Crippen molar-refractivity contribution in [3.63, 3.8) is 0 Å². The fraction of sp³-hybridized carbons (Fsp3) is 0.333. The van der Waals surface area contributed by atoms with Crippen molar-refractivity contribution in [3.8, 4) is 11.5 Å². The minimum atomic E-state index is -0.509. The lowest BCUT2D eigenvalue weighted by Gasteiger charge is -2.22. The molecule has 0 aromatic heterocycles. The molecule has 2 amide bonds. The van der Waals surface area contributed by atoms with Crippen molar-refractivity contribution >= 4 is 35.2 Å². The zero-order valence-electron chi connectivity index (χ0n) is 16.1. The van der Waals surface area contributed by atoms with E-state index in [0.717, 1.165) is 11.1 Å². The molecular formula is C21H21ClN2O4S. The van der Waals surface area contributed by atoms with Gasteiger partial charge in [-0.15, -0.1) is 11.8 Å². The number of thioether (sulfide) groups is 1. The fourth-order valence-electron chi connectivity index (χ4n) is 3.79. The van der Waals surface area contributed by atoms with Gasteiger partial charge in [0.1, 0.15) is 11.4 Å². The van der Waals surface area contributed by atoms with Crippen molar-refractivity contribution in [1.29, 1.82) is 0 Å². The number of rotatable bonds is 6. The number of nitrogens with zero attached hydrogens (tertiary/aromatic N) is 1. The van der Waals surface area contributed by atoms with Crippen LogP contribution in [-0.2, 0) is 11.2 Å². The van der Waals surface area contributed by atoms with Crippen LogP contribution in [0.25, 0.3) is 0 Å². The maximum atomic E-state index is 13.2. The summed E-state index contributed by atoms with van der Waals surface area (Å²) in [6.45, 7) is 0.498. The molecule has 2 aromatic rings. The number of ether oxygens (including phenoxy) is 2. The summed E-state index contributed by atoms with van der Waals surface area (Å²) in [6.07, 6.45) is 0.700. The van der Waals surface area contributed by atoms with Crippen LogP contribution in [-0.4, -0.2) is 49.3 Å². The number of hydrogen-bond acceptors (Lipinski definition) is 5. The van der Waals surface area contributed by atoms with Crippen molar-refractivity contribution in [2.75, 3.05) is 26.5 Å². The number of benzene rings is 2. The topological polar surface area (TPSA) is 67.9 Å². The minimum Gasteiger partial charge on any atom is -0.493 e. The largest absolute Gasteiger partial charge is 0.493 e. The SMILES string of the molecule is COc1ccc2c(c1OC)C(=O)N1C(C(=O)NCCc3ccc(Cl)cc3)CSC21. The molecule has 2 unspecified atom stereocenters. The van der Waals surface area contributed by atoms with Crippen molar-refractivity contribution in [1.82, 2.24) is 10.2 Å². The third kappa shape index (κ3) is 3.53. The summed E-state index contributed by atoms with van der Waals surface area (Å²) in [6, 6.07) is 10.7. The maximum absolute atomic E-state index is 13.2. The van der Waals surface area contributed by atoms with Gasteiger partial charge in [0.25, 0.3) is 5.91 Å². The number of carbonyl (C=O) groups is 2. The number of hydrogen-bond donors (Lipinski definition) is 1. The number of fused-ring (bicyclic) bond motifs is 3. The van der Waals surface area contributed by atoms with Crippen LogP contribution in [0, 0.1) is 0 Å². The van der Waals surface area contributed by atoms with Crippen LogP contribution in [0.5, 0.6) is 11.5 Å². The highest BCUT2D eigenvalue weighted by atomic mass is 35.5. The van der Waals surface area contributed by atoms with E-state index in [-0.39, 0.29) is 17.2 Å². The Morgan fingerprint density at radius 3 is 2.66 bits per heavy atom. The van der Waals surface area contributed by atoms with Gasteiger partial charge in [-0.25, -0.2) is 0 Å². The molecule has 1 saturated heterocycles. The van der Waals surface area contributed by atoms with Gasteiger partial charge in [0.2, 0.25) is 5.91 Å². The molecule has 29 heavy (non-hydrogen) atoms. The van der Waals surface area contributed by atoms with Gasteiger partial charge < -0.3 is 19.7 Å². The van der Waals surface area contributed by atoms with Gasteiger partial charge in [0.05, 0.1) is 19.8 Å². The average Bonchev–Trinajstić information content (AvgIpc) is 3.28. The molecule has 0 spiro atoms. The highest BCUT2D eigenvalue weighted by Gasteiger charge is 2.50. The van der Waals surface area contributed by atoms with Gasteiger partial charge in [0, 0.05) is 22.9 Å². The first-order valence-electron chi connectivity index (χ1n) is 9.26. The molecule has 0 bridgehead atoms. The summed E-state index contributed by atoms with van der Waals surface area (Å²) in [5.41, 5.74) is 2.45. The number of carbonyl (C=O) groups excluding carboxylic acids is 2. The van der Waals surface area contributed by atoms with Crippen molar-refractivity contribution < 1.29 is 19.1 Å². The Bertz CT molecular complexity index is 950. The molecule has 8 heteroatoms. The predicted molar refractivity (Wildman–Crippen MR) is 113 cm³/mol. The Morgan fingerprint density at radius 1 is 1.21 bits per heavy atom. The third-order valence-electron chi connectivity index (χ3n) is 5.22. The lowest BCUT2D eigenvalue weighted by Crippen LogP contribution is -2.46. The van der Waals surface area contributed by atoms with E-state index < -0.39 is 6.04 Å². The fourth-order valence-corrected chi connectivity index (χ4v) is 5.37. The Hall–Kier alpha value is -2.38. The monoisotopic (exact) mass is 432 g/mol. The second-order valence-corrected chi connectivity index (χ2v) is 8.40. The number of amides is 2.